The smallest absolute Gasteiger partial charge is 0.273 e. The molecule has 0 saturated carbocycles. The molecular weight excluding hydrogens is 427 g/mol. The number of oxime groups is 1. The number of halogens is 2. The van der Waals surface area contributed by atoms with Crippen molar-refractivity contribution in [2.45, 2.75) is 6.92 Å². The second-order valence-corrected chi connectivity index (χ2v) is 6.65. The lowest BCUT2D eigenvalue weighted by Crippen LogP contribution is -2.30. The fourth-order valence-corrected chi connectivity index (χ4v) is 2.83. The van der Waals surface area contributed by atoms with E-state index >= 15 is 0 Å². The molecule has 1 aliphatic rings. The largest absolute Gasteiger partial charge is 0.439 e. The van der Waals surface area contributed by atoms with Crippen molar-refractivity contribution in [3.63, 3.8) is 0 Å². The van der Waals surface area contributed by atoms with Gasteiger partial charge in [0, 0.05) is 17.6 Å². The number of hydrogen-bond acceptors (Lipinski definition) is 7. The van der Waals surface area contributed by atoms with E-state index < -0.39 is 5.91 Å². The van der Waals surface area contributed by atoms with Gasteiger partial charge in [-0.3, -0.25) is 4.79 Å². The van der Waals surface area contributed by atoms with Gasteiger partial charge in [-0.25, -0.2) is 4.99 Å². The maximum Gasteiger partial charge on any atom is 0.273 e. The van der Waals surface area contributed by atoms with Crippen molar-refractivity contribution >= 4 is 29.1 Å². The van der Waals surface area contributed by atoms with E-state index in [9.17, 15) is 9.28 Å². The molecule has 1 aliphatic heterocycles. The summed E-state index contributed by atoms with van der Waals surface area (Å²) in [5.41, 5.74) is 1.01. The Kier molecular flexibility index (Phi) is 7.09. The average Bonchev–Trinajstić information content (AvgIpc) is 2.77. The average molecular weight is 447 g/mol. The van der Waals surface area contributed by atoms with Gasteiger partial charge in [-0.05, 0) is 31.2 Å². The molecule has 0 fully saturated rings. The van der Waals surface area contributed by atoms with E-state index in [4.69, 9.17) is 25.9 Å². The maximum atomic E-state index is 14.4. The minimum atomic E-state index is -0.491. The second kappa shape index (κ2) is 9.94. The van der Waals surface area contributed by atoms with Crippen LogP contribution in [0.2, 0.25) is 5.02 Å². The van der Waals surface area contributed by atoms with E-state index in [-0.39, 0.29) is 29.9 Å². The lowest BCUT2D eigenvalue weighted by Gasteiger charge is -2.22. The van der Waals surface area contributed by atoms with Crippen LogP contribution in [0.3, 0.4) is 0 Å². The summed E-state index contributed by atoms with van der Waals surface area (Å²) in [6, 6.07) is 11.8. The zero-order chi connectivity index (χ0) is 22.4. The van der Waals surface area contributed by atoms with Gasteiger partial charge >= 0.3 is 0 Å². The number of nitrogens with one attached hydrogen (secondary N) is 1. The molecule has 2 aromatic rings. The van der Waals surface area contributed by atoms with Gasteiger partial charge in [-0.1, -0.05) is 39.4 Å². The van der Waals surface area contributed by atoms with Crippen LogP contribution < -0.4 is 14.8 Å². The third-order valence-electron chi connectivity index (χ3n) is 4.25. The first-order chi connectivity index (χ1) is 14.9. The van der Waals surface area contributed by atoms with E-state index in [1.807, 2.05) is 0 Å². The molecule has 2 aromatic carbocycles. The molecule has 3 rings (SSSR count). The predicted octanol–water partition coefficient (Wildman–Crippen LogP) is 3.60. The highest BCUT2D eigenvalue weighted by molar-refractivity contribution is 6.45. The molecule has 1 amide bonds. The van der Waals surface area contributed by atoms with Crippen LogP contribution in [-0.4, -0.2) is 43.5 Å². The summed E-state index contributed by atoms with van der Waals surface area (Å²) in [5, 5.41) is 7.09. The predicted molar refractivity (Wildman–Crippen MR) is 115 cm³/mol. The third kappa shape index (κ3) is 5.13. The first-order valence-electron chi connectivity index (χ1n) is 9.17. The number of carbonyl (C=O) groups excluding carboxylic acids is 1. The number of para-hydroxylation sites is 1. The van der Waals surface area contributed by atoms with Gasteiger partial charge in [-0.2, -0.15) is 5.12 Å². The zero-order valence-electron chi connectivity index (χ0n) is 17.1. The van der Waals surface area contributed by atoms with E-state index in [0.717, 1.165) is 5.56 Å². The Bertz CT molecular complexity index is 1070. The number of ether oxygens (including phenoxy) is 2. The summed E-state index contributed by atoms with van der Waals surface area (Å²) in [6.45, 7) is 1.47. The SMILES string of the molecule is CNC(=O)/C(=N/OC)c1ccccc1OC1=CC(Oc2cccc(Cl)c2C)=NCN1F. The monoisotopic (exact) mass is 446 g/mol. The molecule has 0 saturated heterocycles. The van der Waals surface area contributed by atoms with Crippen LogP contribution in [0.5, 0.6) is 11.5 Å². The lowest BCUT2D eigenvalue weighted by molar-refractivity contribution is -0.114. The summed E-state index contributed by atoms with van der Waals surface area (Å²) in [7, 11) is 2.78. The van der Waals surface area contributed by atoms with Gasteiger partial charge in [0.1, 0.15) is 25.3 Å². The molecule has 10 heteroatoms. The summed E-state index contributed by atoms with van der Waals surface area (Å²) < 4.78 is 25.9. The van der Waals surface area contributed by atoms with Crippen molar-refractivity contribution in [3.8, 4) is 11.5 Å². The first kappa shape index (κ1) is 22.1. The van der Waals surface area contributed by atoms with Crippen LogP contribution in [-0.2, 0) is 9.63 Å². The first-order valence-corrected chi connectivity index (χ1v) is 9.55. The topological polar surface area (TPSA) is 84.8 Å². The van der Waals surface area contributed by atoms with E-state index in [0.29, 0.717) is 21.5 Å². The van der Waals surface area contributed by atoms with Gasteiger partial charge in [-0.15, -0.1) is 0 Å². The number of carbonyl (C=O) groups is 1. The van der Waals surface area contributed by atoms with Crippen molar-refractivity contribution in [2.24, 2.45) is 10.1 Å². The van der Waals surface area contributed by atoms with Crippen molar-refractivity contribution in [1.29, 1.82) is 0 Å². The minimum Gasteiger partial charge on any atom is -0.439 e. The van der Waals surface area contributed by atoms with Gasteiger partial charge in [0.2, 0.25) is 11.8 Å². The van der Waals surface area contributed by atoms with Gasteiger partial charge < -0.3 is 19.6 Å². The fourth-order valence-electron chi connectivity index (χ4n) is 2.66. The van der Waals surface area contributed by atoms with Gasteiger partial charge in [0.05, 0.1) is 11.6 Å². The molecule has 0 aliphatic carbocycles. The second-order valence-electron chi connectivity index (χ2n) is 6.25. The minimum absolute atomic E-state index is 0.0258. The summed E-state index contributed by atoms with van der Waals surface area (Å²) in [6.07, 6.45) is 1.30. The van der Waals surface area contributed by atoms with Crippen LogP contribution >= 0.6 is 11.6 Å². The van der Waals surface area contributed by atoms with E-state index in [1.165, 1.54) is 20.2 Å². The van der Waals surface area contributed by atoms with Crippen LogP contribution in [0, 0.1) is 6.92 Å². The van der Waals surface area contributed by atoms with E-state index in [1.54, 1.807) is 49.4 Å². The van der Waals surface area contributed by atoms with Crippen molar-refractivity contribution in [3.05, 3.63) is 70.6 Å². The quantitative estimate of drug-likeness (QED) is 0.416. The Labute approximate surface area is 183 Å². The zero-order valence-corrected chi connectivity index (χ0v) is 17.8. The molecule has 0 aromatic heterocycles. The van der Waals surface area contributed by atoms with Crippen LogP contribution in [0.1, 0.15) is 11.1 Å². The summed E-state index contributed by atoms with van der Waals surface area (Å²) in [4.78, 5) is 21.0. The number of amides is 1. The third-order valence-corrected chi connectivity index (χ3v) is 4.66. The summed E-state index contributed by atoms with van der Waals surface area (Å²) >= 11 is 6.12. The normalized spacial score (nSPS) is 13.8. The maximum absolute atomic E-state index is 14.4. The van der Waals surface area contributed by atoms with Gasteiger partial charge in [0.15, 0.2) is 5.71 Å². The molecule has 0 spiro atoms. The number of hydrogen-bond donors (Lipinski definition) is 1. The Morgan fingerprint density at radius 3 is 2.68 bits per heavy atom. The molecule has 0 radical (unpaired) electrons. The summed E-state index contributed by atoms with van der Waals surface area (Å²) in [5.74, 6) is 0.156. The lowest BCUT2D eigenvalue weighted by atomic mass is 10.1. The Morgan fingerprint density at radius 1 is 1.19 bits per heavy atom. The standard InChI is InChI=1S/C21H20ClFN4O4/c1-13-15(22)8-6-10-16(13)30-18-11-19(27(23)12-25-18)31-17-9-5-4-7-14(17)20(26-29-3)21(28)24-2/h4-11H,12H2,1-3H3,(H,24,28)/b26-20+. The Hall–Kier alpha value is -3.59. The highest BCUT2D eigenvalue weighted by Gasteiger charge is 2.23. The Morgan fingerprint density at radius 2 is 1.94 bits per heavy atom. The van der Waals surface area contributed by atoms with Crippen LogP contribution in [0.15, 0.2) is 64.6 Å². The molecule has 162 valence electrons. The number of likely N-dealkylation sites (N-methyl/N-ethyl adjacent to an activating group) is 1. The Balaban J connectivity index is 1.90. The van der Waals surface area contributed by atoms with Gasteiger partial charge in [0.25, 0.3) is 5.91 Å². The molecule has 1 heterocycles. The van der Waals surface area contributed by atoms with Crippen LogP contribution in [0.25, 0.3) is 0 Å². The number of aliphatic imine (C=N–C) groups is 1. The number of nitrogens with zero attached hydrogens (tertiary/aromatic N) is 3. The molecule has 8 nitrogen and oxygen atoms in total. The van der Waals surface area contributed by atoms with Crippen molar-refractivity contribution in [2.75, 3.05) is 20.8 Å². The van der Waals surface area contributed by atoms with Crippen molar-refractivity contribution < 1.29 is 23.6 Å². The highest BCUT2D eigenvalue weighted by Crippen LogP contribution is 2.27. The number of benzene rings is 2. The molecule has 0 atom stereocenters. The van der Waals surface area contributed by atoms with Crippen molar-refractivity contribution in [1.82, 2.24) is 10.4 Å². The van der Waals surface area contributed by atoms with E-state index in [2.05, 4.69) is 15.5 Å². The van der Waals surface area contributed by atoms with Crippen LogP contribution in [0.4, 0.5) is 4.48 Å². The highest BCUT2D eigenvalue weighted by atomic mass is 35.5. The molecule has 0 unspecified atom stereocenters. The molecule has 1 N–H and O–H groups in total. The fraction of sp³-hybridized carbons (Fsp3) is 0.190. The molecule has 31 heavy (non-hydrogen) atoms. The molecular formula is C21H20ClFN4O4. The molecule has 0 bridgehead atoms. The number of rotatable bonds is 6.